The van der Waals surface area contributed by atoms with E-state index in [1.807, 2.05) is 0 Å². The molecule has 0 saturated carbocycles. The fourth-order valence-electron chi connectivity index (χ4n) is 2.61. The van der Waals surface area contributed by atoms with Crippen molar-refractivity contribution in [1.82, 2.24) is 20.8 Å². The van der Waals surface area contributed by atoms with Gasteiger partial charge in [0.25, 0.3) is 5.91 Å². The topological polar surface area (TPSA) is 69.8 Å². The van der Waals surface area contributed by atoms with Crippen LogP contribution in [0.3, 0.4) is 0 Å². The Balaban J connectivity index is 1.55. The minimum Gasteiger partial charge on any atom is -0.350 e. The molecule has 2 aromatic heterocycles. The van der Waals surface area contributed by atoms with E-state index in [1.165, 1.54) is 4.88 Å². The lowest BCUT2D eigenvalue weighted by Gasteiger charge is -2.14. The molecule has 3 N–H and O–H groups in total. The maximum absolute atomic E-state index is 12.3. The van der Waals surface area contributed by atoms with E-state index in [9.17, 15) is 4.79 Å². The van der Waals surface area contributed by atoms with Gasteiger partial charge in [-0.15, -0.1) is 11.3 Å². The Morgan fingerprint density at radius 3 is 3.29 bits per heavy atom. The number of carbonyl (C=O) groups is 1. The Bertz CT molecular complexity index is 605. The molecule has 1 aliphatic heterocycles. The Labute approximate surface area is 128 Å². The molecular weight excluding hydrogens is 284 g/mol. The minimum absolute atomic E-state index is 0.0748. The lowest BCUT2D eigenvalue weighted by atomic mass is 10.1. The van der Waals surface area contributed by atoms with Crippen molar-refractivity contribution in [3.63, 3.8) is 0 Å². The van der Waals surface area contributed by atoms with Crippen LogP contribution in [0.25, 0.3) is 0 Å². The maximum Gasteiger partial charge on any atom is 0.272 e. The summed E-state index contributed by atoms with van der Waals surface area (Å²) in [5.74, 6) is 0.342. The van der Waals surface area contributed by atoms with Crippen molar-refractivity contribution in [2.24, 2.45) is 5.92 Å². The largest absolute Gasteiger partial charge is 0.350 e. The summed E-state index contributed by atoms with van der Waals surface area (Å²) in [5, 5.41) is 15.5. The first-order valence-electron chi connectivity index (χ1n) is 7.31. The van der Waals surface area contributed by atoms with Crippen LogP contribution in [0.5, 0.6) is 0 Å². The standard InChI is InChI=1S/C15H20N4OS/c1-10(7-11-3-2-6-21-11)8-17-15(20)14-12-9-16-5-4-13(12)18-19-14/h2-3,6,10,16H,4-5,7-9H2,1H3,(H,17,20)(H,18,19). The van der Waals surface area contributed by atoms with E-state index in [1.54, 1.807) is 11.3 Å². The van der Waals surface area contributed by atoms with Crippen molar-refractivity contribution < 1.29 is 4.79 Å². The molecule has 3 rings (SSSR count). The summed E-state index contributed by atoms with van der Waals surface area (Å²) in [6.07, 6.45) is 1.91. The number of rotatable bonds is 5. The molecule has 1 unspecified atom stereocenters. The van der Waals surface area contributed by atoms with Crippen LogP contribution < -0.4 is 10.6 Å². The molecule has 2 aromatic rings. The average molecular weight is 304 g/mol. The Hall–Kier alpha value is -1.66. The second-order valence-corrected chi connectivity index (χ2v) is 6.59. The lowest BCUT2D eigenvalue weighted by Crippen LogP contribution is -2.31. The van der Waals surface area contributed by atoms with Gasteiger partial charge in [-0.3, -0.25) is 9.89 Å². The average Bonchev–Trinajstić information content (AvgIpc) is 3.13. The normalized spacial score (nSPS) is 15.5. The lowest BCUT2D eigenvalue weighted by molar-refractivity contribution is 0.0942. The summed E-state index contributed by atoms with van der Waals surface area (Å²) in [5.41, 5.74) is 2.65. The highest BCUT2D eigenvalue weighted by Gasteiger charge is 2.21. The molecule has 1 amide bonds. The van der Waals surface area contributed by atoms with Crippen LogP contribution in [0, 0.1) is 5.92 Å². The number of hydrogen-bond acceptors (Lipinski definition) is 4. The van der Waals surface area contributed by atoms with Crippen molar-refractivity contribution in [2.75, 3.05) is 13.1 Å². The summed E-state index contributed by atoms with van der Waals surface area (Å²) < 4.78 is 0. The molecule has 3 heterocycles. The van der Waals surface area contributed by atoms with E-state index in [2.05, 4.69) is 45.3 Å². The number of nitrogens with one attached hydrogen (secondary N) is 3. The monoisotopic (exact) mass is 304 g/mol. The molecule has 112 valence electrons. The van der Waals surface area contributed by atoms with Crippen LogP contribution in [-0.2, 0) is 19.4 Å². The Morgan fingerprint density at radius 1 is 1.57 bits per heavy atom. The number of carbonyl (C=O) groups excluding carboxylic acids is 1. The number of amides is 1. The fourth-order valence-corrected chi connectivity index (χ4v) is 3.48. The third-order valence-corrected chi connectivity index (χ3v) is 4.66. The zero-order valence-corrected chi connectivity index (χ0v) is 12.9. The second-order valence-electron chi connectivity index (χ2n) is 5.55. The molecule has 1 aliphatic rings. The minimum atomic E-state index is -0.0748. The van der Waals surface area contributed by atoms with Crippen molar-refractivity contribution in [3.8, 4) is 0 Å². The van der Waals surface area contributed by atoms with E-state index in [4.69, 9.17) is 0 Å². The third kappa shape index (κ3) is 3.33. The molecule has 1 atom stereocenters. The predicted molar refractivity (Wildman–Crippen MR) is 83.5 cm³/mol. The van der Waals surface area contributed by atoms with Crippen molar-refractivity contribution in [1.29, 1.82) is 0 Å². The number of thiophene rings is 1. The fraction of sp³-hybridized carbons (Fsp3) is 0.467. The number of nitrogens with zero attached hydrogens (tertiary/aromatic N) is 1. The summed E-state index contributed by atoms with van der Waals surface area (Å²) in [6.45, 7) is 4.49. The van der Waals surface area contributed by atoms with Gasteiger partial charge in [0.1, 0.15) is 0 Å². The van der Waals surface area contributed by atoms with Gasteiger partial charge in [0, 0.05) is 42.2 Å². The molecule has 0 aliphatic carbocycles. The Morgan fingerprint density at radius 2 is 2.48 bits per heavy atom. The van der Waals surface area contributed by atoms with Gasteiger partial charge in [-0.2, -0.15) is 5.10 Å². The molecule has 0 fully saturated rings. The van der Waals surface area contributed by atoms with Crippen molar-refractivity contribution in [3.05, 3.63) is 39.3 Å². The number of fused-ring (bicyclic) bond motifs is 1. The number of H-pyrrole nitrogens is 1. The van der Waals surface area contributed by atoms with Crippen LogP contribution in [0.1, 0.15) is 33.5 Å². The van der Waals surface area contributed by atoms with Gasteiger partial charge in [-0.25, -0.2) is 0 Å². The van der Waals surface area contributed by atoms with Crippen LogP contribution in [0.15, 0.2) is 17.5 Å². The molecular formula is C15H20N4OS. The first kappa shape index (κ1) is 14.3. The predicted octanol–water partition coefficient (Wildman–Crippen LogP) is 1.73. The zero-order valence-electron chi connectivity index (χ0n) is 12.1. The molecule has 0 aromatic carbocycles. The van der Waals surface area contributed by atoms with Gasteiger partial charge < -0.3 is 10.6 Å². The summed E-state index contributed by atoms with van der Waals surface area (Å²) in [4.78, 5) is 13.6. The van der Waals surface area contributed by atoms with E-state index in [0.29, 0.717) is 18.2 Å². The first-order chi connectivity index (χ1) is 10.2. The number of aromatic nitrogens is 2. The van der Waals surface area contributed by atoms with E-state index >= 15 is 0 Å². The quantitative estimate of drug-likeness (QED) is 0.788. The van der Waals surface area contributed by atoms with Crippen LogP contribution in [0.4, 0.5) is 0 Å². The highest BCUT2D eigenvalue weighted by Crippen LogP contribution is 2.16. The van der Waals surface area contributed by atoms with Crippen molar-refractivity contribution >= 4 is 17.2 Å². The summed E-state index contributed by atoms with van der Waals surface area (Å²) in [6, 6.07) is 4.20. The van der Waals surface area contributed by atoms with E-state index in [-0.39, 0.29) is 5.91 Å². The van der Waals surface area contributed by atoms with E-state index < -0.39 is 0 Å². The Kier molecular flexibility index (Phi) is 4.36. The molecule has 5 nitrogen and oxygen atoms in total. The molecule has 21 heavy (non-hydrogen) atoms. The number of aromatic amines is 1. The van der Waals surface area contributed by atoms with Crippen LogP contribution >= 0.6 is 11.3 Å². The summed E-state index contributed by atoms with van der Waals surface area (Å²) >= 11 is 1.76. The molecule has 0 spiro atoms. The van der Waals surface area contributed by atoms with Gasteiger partial charge in [0.2, 0.25) is 0 Å². The van der Waals surface area contributed by atoms with Gasteiger partial charge in [0.15, 0.2) is 5.69 Å². The van der Waals surface area contributed by atoms with Gasteiger partial charge >= 0.3 is 0 Å². The maximum atomic E-state index is 12.3. The highest BCUT2D eigenvalue weighted by atomic mass is 32.1. The second kappa shape index (κ2) is 6.41. The highest BCUT2D eigenvalue weighted by molar-refractivity contribution is 7.09. The summed E-state index contributed by atoms with van der Waals surface area (Å²) in [7, 11) is 0. The molecule has 0 bridgehead atoms. The molecule has 6 heteroatoms. The van der Waals surface area contributed by atoms with E-state index in [0.717, 1.165) is 37.2 Å². The van der Waals surface area contributed by atoms with Gasteiger partial charge in [-0.1, -0.05) is 13.0 Å². The molecule has 0 saturated heterocycles. The third-order valence-electron chi connectivity index (χ3n) is 3.76. The SMILES string of the molecule is CC(CNC(=O)c1n[nH]c2c1CNCC2)Cc1cccs1. The van der Waals surface area contributed by atoms with Gasteiger partial charge in [-0.05, 0) is 23.8 Å². The van der Waals surface area contributed by atoms with Gasteiger partial charge in [0.05, 0.1) is 0 Å². The first-order valence-corrected chi connectivity index (χ1v) is 8.19. The van der Waals surface area contributed by atoms with Crippen LogP contribution in [0.2, 0.25) is 0 Å². The van der Waals surface area contributed by atoms with Crippen molar-refractivity contribution in [2.45, 2.75) is 26.3 Å². The smallest absolute Gasteiger partial charge is 0.272 e. The zero-order chi connectivity index (χ0) is 14.7. The van der Waals surface area contributed by atoms with Crippen LogP contribution in [-0.4, -0.2) is 29.2 Å². The number of hydrogen-bond donors (Lipinski definition) is 3. The molecule has 0 radical (unpaired) electrons.